The maximum atomic E-state index is 14.7. The monoisotopic (exact) mass is 805 g/mol. The summed E-state index contributed by atoms with van der Waals surface area (Å²) in [6.07, 6.45) is -4.71. The summed E-state index contributed by atoms with van der Waals surface area (Å²) >= 11 is 0. The fourth-order valence-corrected chi connectivity index (χ4v) is 7.92. The van der Waals surface area contributed by atoms with Gasteiger partial charge >= 0.3 is 12.5 Å². The van der Waals surface area contributed by atoms with Gasteiger partial charge < -0.3 is 29.4 Å². The molecule has 1 aliphatic rings. The molecule has 0 radical (unpaired) electrons. The summed E-state index contributed by atoms with van der Waals surface area (Å²) in [7, 11) is -1.76. The third-order valence-electron chi connectivity index (χ3n) is 10.1. The minimum atomic E-state index is -4.87. The van der Waals surface area contributed by atoms with Gasteiger partial charge in [0.05, 0.1) is 12.1 Å². The topological polar surface area (TPSA) is 123 Å². The quantitative estimate of drug-likeness (QED) is 0.164. The lowest BCUT2D eigenvalue weighted by Crippen LogP contribution is -2.55. The highest BCUT2D eigenvalue weighted by atomic mass is 28.3. The second-order valence-electron chi connectivity index (χ2n) is 17.2. The summed E-state index contributed by atoms with van der Waals surface area (Å²) in [5, 5.41) is 6.22. The number of nitrogens with one attached hydrogen (secondary N) is 2. The van der Waals surface area contributed by atoms with Crippen molar-refractivity contribution in [3.05, 3.63) is 65.7 Å². The van der Waals surface area contributed by atoms with E-state index in [9.17, 15) is 32.3 Å². The van der Waals surface area contributed by atoms with Crippen LogP contribution in [-0.2, 0) is 30.0 Å². The van der Waals surface area contributed by atoms with Crippen molar-refractivity contribution in [2.45, 2.75) is 131 Å². The summed E-state index contributed by atoms with van der Waals surface area (Å²) < 4.78 is 55.6. The molecule has 14 heteroatoms. The molecule has 56 heavy (non-hydrogen) atoms. The lowest BCUT2D eigenvalue weighted by molar-refractivity contribution is -0.274. The number of piperidine rings is 1. The summed E-state index contributed by atoms with van der Waals surface area (Å²) in [4.78, 5) is 56.0. The highest BCUT2D eigenvalue weighted by Crippen LogP contribution is 2.41. The molecular formula is C42H62F3N3O7Si. The molecule has 2 aromatic carbocycles. The van der Waals surface area contributed by atoms with Gasteiger partial charge in [-0.05, 0) is 87.2 Å². The van der Waals surface area contributed by atoms with E-state index in [-0.39, 0.29) is 62.1 Å². The number of carbonyl (C=O) groups is 4. The van der Waals surface area contributed by atoms with Gasteiger partial charge in [-0.2, -0.15) is 0 Å². The van der Waals surface area contributed by atoms with Crippen molar-refractivity contribution in [3.8, 4) is 5.75 Å². The molecule has 6 atom stereocenters. The van der Waals surface area contributed by atoms with Crippen LogP contribution in [0.15, 0.2) is 54.6 Å². The zero-order valence-corrected chi connectivity index (χ0v) is 35.8. The average molecular weight is 806 g/mol. The van der Waals surface area contributed by atoms with Gasteiger partial charge in [-0.1, -0.05) is 83.5 Å². The molecule has 1 saturated heterocycles. The Labute approximate surface area is 332 Å². The molecule has 0 spiro atoms. The smallest absolute Gasteiger partial charge is 0.444 e. The lowest BCUT2D eigenvalue weighted by Gasteiger charge is -2.43. The van der Waals surface area contributed by atoms with Crippen LogP contribution in [0, 0.1) is 23.2 Å². The van der Waals surface area contributed by atoms with E-state index in [1.807, 2.05) is 78.0 Å². The average Bonchev–Trinajstić information content (AvgIpc) is 3.09. The number of hydrogen-bond donors (Lipinski definition) is 2. The van der Waals surface area contributed by atoms with Crippen LogP contribution in [0.4, 0.5) is 18.0 Å². The molecule has 0 aliphatic carbocycles. The molecule has 3 rings (SSSR count). The number of alkyl halides is 3. The molecule has 1 heterocycles. The fraction of sp³-hybridized carbons (Fsp3) is 0.619. The number of benzene rings is 2. The number of hydrogen-bond acceptors (Lipinski definition) is 7. The SMILES string of the molecule is CC[C@H](C)[C@H](NC(=O)[C@@H](Cc1ccc(OC(F)(F)F)cc1)C[C@H]([C@H](NC(=O)OC(C)(C)C)C(O[SiH](C)C)c1ccccc1)C(C)(C)C)C(=O)N1CCC(=O)CC1. The van der Waals surface area contributed by atoms with Crippen LogP contribution in [0.3, 0.4) is 0 Å². The summed E-state index contributed by atoms with van der Waals surface area (Å²) in [6, 6.07) is 13.4. The van der Waals surface area contributed by atoms with Crippen LogP contribution in [0.5, 0.6) is 5.75 Å². The van der Waals surface area contributed by atoms with Crippen molar-refractivity contribution in [1.82, 2.24) is 15.5 Å². The Kier molecular flexibility index (Phi) is 16.6. The third-order valence-corrected chi connectivity index (χ3v) is 10.9. The Morgan fingerprint density at radius 3 is 1.98 bits per heavy atom. The molecule has 2 N–H and O–H groups in total. The summed E-state index contributed by atoms with van der Waals surface area (Å²) in [5.74, 6) is -2.47. The number of carbonyl (C=O) groups excluding carboxylic acids is 4. The van der Waals surface area contributed by atoms with E-state index in [0.29, 0.717) is 12.0 Å². The summed E-state index contributed by atoms with van der Waals surface area (Å²) in [6.45, 7) is 19.9. The number of nitrogens with zero attached hydrogens (tertiary/aromatic N) is 1. The van der Waals surface area contributed by atoms with Crippen LogP contribution >= 0.6 is 0 Å². The minimum Gasteiger partial charge on any atom is -0.444 e. The van der Waals surface area contributed by atoms with E-state index in [1.54, 1.807) is 25.7 Å². The molecule has 1 aliphatic heterocycles. The zero-order chi connectivity index (χ0) is 42.0. The van der Waals surface area contributed by atoms with Crippen LogP contribution in [0.1, 0.15) is 98.3 Å². The second-order valence-corrected chi connectivity index (χ2v) is 19.6. The Balaban J connectivity index is 2.14. The Bertz CT molecular complexity index is 1580. The number of likely N-dealkylation sites (tertiary alicyclic amines) is 1. The van der Waals surface area contributed by atoms with Crippen LogP contribution in [0.2, 0.25) is 13.1 Å². The van der Waals surface area contributed by atoms with E-state index < -0.39 is 68.4 Å². The molecule has 2 aromatic rings. The normalized spacial score (nSPS) is 17.3. The van der Waals surface area contributed by atoms with Gasteiger partial charge in [-0.25, -0.2) is 4.79 Å². The number of ketones is 1. The van der Waals surface area contributed by atoms with E-state index in [2.05, 4.69) is 15.4 Å². The van der Waals surface area contributed by atoms with Gasteiger partial charge in [-0.15, -0.1) is 13.2 Å². The molecule has 0 saturated carbocycles. The third kappa shape index (κ3) is 14.9. The molecular weight excluding hydrogens is 744 g/mol. The highest BCUT2D eigenvalue weighted by Gasteiger charge is 2.43. The van der Waals surface area contributed by atoms with Crippen molar-refractivity contribution in [3.63, 3.8) is 0 Å². The van der Waals surface area contributed by atoms with Gasteiger partial charge in [0, 0.05) is 31.8 Å². The highest BCUT2D eigenvalue weighted by molar-refractivity contribution is 6.48. The first-order valence-corrected chi connectivity index (χ1v) is 22.4. The van der Waals surface area contributed by atoms with Crippen LogP contribution in [0.25, 0.3) is 0 Å². The molecule has 0 bridgehead atoms. The van der Waals surface area contributed by atoms with E-state index in [4.69, 9.17) is 9.16 Å². The number of Topliss-reactive ketones (excluding diaryl/α,β-unsaturated/α-hetero) is 1. The van der Waals surface area contributed by atoms with Crippen molar-refractivity contribution in [2.75, 3.05) is 13.1 Å². The Morgan fingerprint density at radius 1 is 0.893 bits per heavy atom. The van der Waals surface area contributed by atoms with Crippen LogP contribution < -0.4 is 15.4 Å². The second kappa shape index (κ2) is 20.0. The van der Waals surface area contributed by atoms with Crippen molar-refractivity contribution in [2.24, 2.45) is 23.2 Å². The minimum absolute atomic E-state index is 0.0885. The molecule has 3 amide bonds. The standard InChI is InChI=1S/C42H62F3N3O7Si/c1-11-27(2)34(38(51)48-23-21-31(49)22-24-48)46-37(50)30(25-28-17-19-32(20-18-28)53-42(43,44)45)26-33(40(3,4)5)35(47-39(52)54-41(6,7)8)36(55-56(9)10)29-15-13-12-14-16-29/h12-20,27,30,33-36,56H,11,21-26H2,1-10H3,(H,46,50)(H,47,52)/t27-,30-,33+,34-,35-,36?/m0/s1. The predicted molar refractivity (Wildman–Crippen MR) is 212 cm³/mol. The summed E-state index contributed by atoms with van der Waals surface area (Å²) in [5.41, 5.74) is 0.0675. The van der Waals surface area contributed by atoms with Crippen LogP contribution in [-0.4, -0.2) is 74.8 Å². The number of rotatable bonds is 16. The van der Waals surface area contributed by atoms with Gasteiger partial charge in [0.1, 0.15) is 23.2 Å². The fourth-order valence-electron chi connectivity index (χ4n) is 7.00. The predicted octanol–water partition coefficient (Wildman–Crippen LogP) is 8.15. The first kappa shape index (κ1) is 46.5. The largest absolute Gasteiger partial charge is 0.573 e. The van der Waals surface area contributed by atoms with Gasteiger partial charge in [-0.3, -0.25) is 14.4 Å². The molecule has 312 valence electrons. The van der Waals surface area contributed by atoms with E-state index >= 15 is 0 Å². The molecule has 10 nitrogen and oxygen atoms in total. The molecule has 1 fully saturated rings. The van der Waals surface area contributed by atoms with E-state index in [0.717, 1.165) is 5.56 Å². The van der Waals surface area contributed by atoms with Crippen molar-refractivity contribution in [1.29, 1.82) is 0 Å². The first-order chi connectivity index (χ1) is 26.0. The maximum Gasteiger partial charge on any atom is 0.573 e. The van der Waals surface area contributed by atoms with Gasteiger partial charge in [0.15, 0.2) is 9.04 Å². The van der Waals surface area contributed by atoms with Gasteiger partial charge in [0.2, 0.25) is 11.8 Å². The molecule has 1 unspecified atom stereocenters. The first-order valence-electron chi connectivity index (χ1n) is 19.6. The van der Waals surface area contributed by atoms with Crippen molar-refractivity contribution >= 4 is 32.7 Å². The number of halogens is 3. The lowest BCUT2D eigenvalue weighted by atomic mass is 9.69. The number of alkyl carbamates (subject to hydrolysis) is 1. The number of ether oxygens (including phenoxy) is 2. The van der Waals surface area contributed by atoms with Gasteiger partial charge in [0.25, 0.3) is 0 Å². The Hall–Kier alpha value is -3.91. The maximum absolute atomic E-state index is 14.7. The molecule has 0 aromatic heterocycles. The van der Waals surface area contributed by atoms with E-state index in [1.165, 1.54) is 24.3 Å². The van der Waals surface area contributed by atoms with Crippen molar-refractivity contribution < 1.29 is 46.2 Å². The Morgan fingerprint density at radius 2 is 1.48 bits per heavy atom. The number of amides is 3. The zero-order valence-electron chi connectivity index (χ0n) is 34.6.